The van der Waals surface area contributed by atoms with Gasteiger partial charge in [0, 0.05) is 15.5 Å². The van der Waals surface area contributed by atoms with E-state index >= 15 is 0 Å². The summed E-state index contributed by atoms with van der Waals surface area (Å²) in [5, 5.41) is 1.19. The van der Waals surface area contributed by atoms with E-state index in [0.29, 0.717) is 0 Å². The number of hydrogen-bond donors (Lipinski definition) is 0. The Hall–Kier alpha value is -4.28. The minimum Gasteiger partial charge on any atom is -0.308 e. The van der Waals surface area contributed by atoms with Crippen LogP contribution in [0.4, 0.5) is 17.1 Å². The van der Waals surface area contributed by atoms with Gasteiger partial charge in [0.15, 0.2) is 0 Å². The molecule has 1 aromatic heterocycles. The molecule has 0 saturated heterocycles. The fraction of sp³-hybridized carbons (Fsp3) is 0. The van der Waals surface area contributed by atoms with Crippen LogP contribution in [0.15, 0.2) is 137 Å². The summed E-state index contributed by atoms with van der Waals surface area (Å²) >= 11 is 1.84. The van der Waals surface area contributed by atoms with E-state index in [0.717, 1.165) is 11.2 Å². The van der Waals surface area contributed by atoms with E-state index in [1.165, 1.54) is 54.2 Å². The molecule has 0 spiro atoms. The van der Waals surface area contributed by atoms with Gasteiger partial charge in [-0.2, -0.15) is 0 Å². The zero-order chi connectivity index (χ0) is 24.3. The summed E-state index contributed by atoms with van der Waals surface area (Å²) in [4.78, 5) is 10.0. The van der Waals surface area contributed by atoms with Gasteiger partial charge in [0.1, 0.15) is 0 Å². The first kappa shape index (κ1) is 20.9. The van der Waals surface area contributed by atoms with E-state index in [2.05, 4.69) is 132 Å². The largest absolute Gasteiger partial charge is 0.308 e. The summed E-state index contributed by atoms with van der Waals surface area (Å²) in [7, 11) is 0. The van der Waals surface area contributed by atoms with Crippen LogP contribution in [0.3, 0.4) is 0 Å². The number of nitrogens with zero attached hydrogens (tertiary/aromatic N) is 2. The first-order valence-corrected chi connectivity index (χ1v) is 13.4. The van der Waals surface area contributed by atoms with Gasteiger partial charge in [0.05, 0.1) is 22.6 Å². The molecule has 0 atom stereocenters. The Balaban J connectivity index is 1.26. The monoisotopic (exact) mass is 488 g/mol. The number of fused-ring (bicyclic) bond motifs is 6. The first-order chi connectivity index (χ1) is 18.3. The topological polar surface area (TPSA) is 16.1 Å². The van der Waals surface area contributed by atoms with Crippen LogP contribution in [0.1, 0.15) is 0 Å². The Labute approximate surface area is 220 Å². The molecular formula is C33H21BN2S. The van der Waals surface area contributed by atoms with Crippen LogP contribution in [-0.2, 0) is 0 Å². The summed E-state index contributed by atoms with van der Waals surface area (Å²) in [5.74, 6) is 0. The van der Waals surface area contributed by atoms with Gasteiger partial charge in [-0.25, -0.2) is 4.98 Å². The molecule has 8 rings (SSSR count). The lowest BCUT2D eigenvalue weighted by molar-refractivity contribution is 1.17. The van der Waals surface area contributed by atoms with Crippen molar-refractivity contribution in [1.82, 2.24) is 4.98 Å². The molecule has 6 aromatic rings. The van der Waals surface area contributed by atoms with Crippen molar-refractivity contribution in [2.75, 3.05) is 4.90 Å². The zero-order valence-corrected chi connectivity index (χ0v) is 20.8. The quantitative estimate of drug-likeness (QED) is 0.253. The number of rotatable bonds is 2. The molecule has 5 aromatic carbocycles. The third-order valence-electron chi connectivity index (χ3n) is 7.51. The molecule has 0 N–H and O–H groups in total. The van der Waals surface area contributed by atoms with Crippen LogP contribution >= 0.6 is 11.8 Å². The summed E-state index contributed by atoms with van der Waals surface area (Å²) < 4.78 is 0. The average molecular weight is 488 g/mol. The maximum atomic E-state index is 5.10. The molecule has 0 bridgehead atoms. The Kier molecular flexibility index (Phi) is 4.58. The van der Waals surface area contributed by atoms with Crippen LogP contribution in [0.25, 0.3) is 22.2 Å². The summed E-state index contributed by atoms with van der Waals surface area (Å²) in [5.41, 5.74) is 10.9. The average Bonchev–Trinajstić information content (AvgIpc) is 3.28. The molecule has 2 nitrogen and oxygen atoms in total. The third-order valence-corrected chi connectivity index (χ3v) is 8.64. The highest BCUT2D eigenvalue weighted by atomic mass is 32.2. The van der Waals surface area contributed by atoms with Gasteiger partial charge >= 0.3 is 0 Å². The Bertz CT molecular complexity index is 1780. The summed E-state index contributed by atoms with van der Waals surface area (Å²) in [6.45, 7) is 0.175. The maximum Gasteiger partial charge on any atom is 0.244 e. The molecule has 0 aliphatic carbocycles. The number of para-hydroxylation sites is 3. The molecule has 2 aliphatic rings. The van der Waals surface area contributed by atoms with Gasteiger partial charge in [-0.15, -0.1) is 0 Å². The molecule has 0 saturated carbocycles. The first-order valence-electron chi connectivity index (χ1n) is 12.6. The highest BCUT2D eigenvalue weighted by molar-refractivity contribution is 7.99. The maximum absolute atomic E-state index is 5.10. The molecule has 3 heterocycles. The van der Waals surface area contributed by atoms with Gasteiger partial charge in [0.25, 0.3) is 0 Å². The van der Waals surface area contributed by atoms with Crippen LogP contribution in [-0.4, -0.2) is 11.7 Å². The van der Waals surface area contributed by atoms with Gasteiger partial charge in [0.2, 0.25) is 6.71 Å². The van der Waals surface area contributed by atoms with Crippen LogP contribution in [0.2, 0.25) is 0 Å². The highest BCUT2D eigenvalue weighted by Gasteiger charge is 2.34. The van der Waals surface area contributed by atoms with E-state index in [9.17, 15) is 0 Å². The van der Waals surface area contributed by atoms with Crippen molar-refractivity contribution in [3.63, 3.8) is 0 Å². The van der Waals surface area contributed by atoms with Crippen LogP contribution in [0, 0.1) is 0 Å². The number of benzene rings is 5. The van der Waals surface area contributed by atoms with Crippen molar-refractivity contribution in [3.05, 3.63) is 127 Å². The Morgan fingerprint density at radius 2 is 1.24 bits per heavy atom. The lowest BCUT2D eigenvalue weighted by Gasteiger charge is -2.33. The summed E-state index contributed by atoms with van der Waals surface area (Å²) in [6.07, 6.45) is 0. The lowest BCUT2D eigenvalue weighted by atomic mass is 9.39. The van der Waals surface area contributed by atoms with Crippen LogP contribution in [0.5, 0.6) is 0 Å². The standard InChI is InChI=1S/C33H21BN2S/c1-4-12-28-22(9-1)21-27-33(35-28)25-10-2-3-11-26(25)34(27)23-17-19-24(20-18-23)36-29-13-5-7-15-31(29)37-32-16-8-6-14-30(32)36/h1-21H. The Morgan fingerprint density at radius 3 is 2.03 bits per heavy atom. The third kappa shape index (κ3) is 3.19. The van der Waals surface area contributed by atoms with Crippen molar-refractivity contribution in [2.24, 2.45) is 0 Å². The SMILES string of the molecule is c1ccc2c(c1)Sc1ccccc1N2c1ccc(B2c3ccccc3-c3nc4ccccc4cc32)cc1. The minimum atomic E-state index is 0.175. The molecule has 4 heteroatoms. The molecule has 0 amide bonds. The van der Waals surface area contributed by atoms with Crippen molar-refractivity contribution < 1.29 is 0 Å². The lowest BCUT2D eigenvalue weighted by Crippen LogP contribution is -2.48. The molecule has 0 radical (unpaired) electrons. The van der Waals surface area contributed by atoms with Crippen molar-refractivity contribution in [2.45, 2.75) is 9.79 Å². The summed E-state index contributed by atoms with van der Waals surface area (Å²) in [6, 6.07) is 46.0. The van der Waals surface area contributed by atoms with E-state index < -0.39 is 0 Å². The Morgan fingerprint density at radius 1 is 0.595 bits per heavy atom. The minimum absolute atomic E-state index is 0.175. The number of pyridine rings is 1. The number of anilines is 3. The molecule has 0 unspecified atom stereocenters. The smallest absolute Gasteiger partial charge is 0.244 e. The molecule has 172 valence electrons. The molecule has 2 aliphatic heterocycles. The van der Waals surface area contributed by atoms with Gasteiger partial charge in [-0.3, -0.25) is 0 Å². The van der Waals surface area contributed by atoms with Gasteiger partial charge in [-0.1, -0.05) is 108 Å². The normalized spacial score (nSPS) is 13.2. The zero-order valence-electron chi connectivity index (χ0n) is 20.0. The second kappa shape index (κ2) is 8.12. The fourth-order valence-corrected chi connectivity index (χ4v) is 6.92. The van der Waals surface area contributed by atoms with Crippen LogP contribution < -0.4 is 21.3 Å². The van der Waals surface area contributed by atoms with Gasteiger partial charge < -0.3 is 4.90 Å². The van der Waals surface area contributed by atoms with Crippen molar-refractivity contribution in [3.8, 4) is 11.3 Å². The number of hydrogen-bond acceptors (Lipinski definition) is 3. The second-order valence-corrected chi connectivity index (χ2v) is 10.7. The van der Waals surface area contributed by atoms with E-state index in [4.69, 9.17) is 4.98 Å². The fourth-order valence-electron chi connectivity index (χ4n) is 5.86. The molecular weight excluding hydrogens is 467 g/mol. The van der Waals surface area contributed by atoms with E-state index in [-0.39, 0.29) is 6.71 Å². The van der Waals surface area contributed by atoms with Crippen molar-refractivity contribution in [1.29, 1.82) is 0 Å². The van der Waals surface area contributed by atoms with Crippen molar-refractivity contribution >= 4 is 62.8 Å². The van der Waals surface area contributed by atoms with E-state index in [1.807, 2.05) is 11.8 Å². The van der Waals surface area contributed by atoms with E-state index in [1.54, 1.807) is 0 Å². The number of aromatic nitrogens is 1. The molecule has 37 heavy (non-hydrogen) atoms. The molecule has 0 fully saturated rings. The van der Waals surface area contributed by atoms with Gasteiger partial charge in [-0.05, 0) is 58.9 Å². The predicted octanol–water partition coefficient (Wildman–Crippen LogP) is 6.67. The second-order valence-electron chi connectivity index (χ2n) is 9.60. The highest BCUT2D eigenvalue weighted by Crippen LogP contribution is 2.50. The predicted molar refractivity (Wildman–Crippen MR) is 157 cm³/mol.